The number of nitrogens with zero attached hydrogens (tertiary/aromatic N) is 4. The van der Waals surface area contributed by atoms with Gasteiger partial charge in [-0.3, -0.25) is 9.78 Å². The van der Waals surface area contributed by atoms with Crippen molar-refractivity contribution in [1.29, 1.82) is 0 Å². The summed E-state index contributed by atoms with van der Waals surface area (Å²) in [4.78, 5) is 39.5. The third-order valence-corrected chi connectivity index (χ3v) is 4.84. The Balaban J connectivity index is 1.40. The van der Waals surface area contributed by atoms with Gasteiger partial charge in [-0.05, 0) is 36.8 Å². The zero-order valence-corrected chi connectivity index (χ0v) is 15.9. The van der Waals surface area contributed by atoms with Gasteiger partial charge in [0.2, 0.25) is 0 Å². The van der Waals surface area contributed by atoms with E-state index in [1.807, 2.05) is 19.1 Å². The second-order valence-corrected chi connectivity index (χ2v) is 6.97. The number of ether oxygens (including phenoxy) is 1. The van der Waals surface area contributed by atoms with E-state index in [1.54, 1.807) is 28.1 Å². The minimum absolute atomic E-state index is 0.217. The van der Waals surface area contributed by atoms with Crippen LogP contribution in [0, 0.1) is 6.92 Å². The maximum atomic E-state index is 12.8. The zero-order valence-electron chi connectivity index (χ0n) is 15.2. The van der Waals surface area contributed by atoms with E-state index in [9.17, 15) is 9.59 Å². The minimum atomic E-state index is -0.453. The van der Waals surface area contributed by atoms with Crippen LogP contribution >= 0.6 is 11.6 Å². The molecule has 1 N–H and O–H groups in total. The van der Waals surface area contributed by atoms with Crippen LogP contribution in [0.1, 0.15) is 16.2 Å². The third kappa shape index (κ3) is 3.63. The number of fused-ring (bicyclic) bond motifs is 1. The lowest BCUT2D eigenvalue weighted by atomic mass is 10.2. The summed E-state index contributed by atoms with van der Waals surface area (Å²) in [6.45, 7) is 3.48. The highest BCUT2D eigenvalue weighted by Gasteiger charge is 2.27. The fraction of sp³-hybridized carbons (Fsp3) is 0.263. The number of imidazole rings is 1. The Kier molecular flexibility index (Phi) is 4.87. The lowest BCUT2D eigenvalue weighted by Crippen LogP contribution is -2.51. The SMILES string of the molecule is Cc1cc(Cl)c2nc(C(=O)N3CCN(C(=O)Oc4cccnc4)CC3)[nH]c2c1. The summed E-state index contributed by atoms with van der Waals surface area (Å²) in [5.74, 6) is 0.416. The number of halogens is 1. The molecule has 1 aliphatic rings. The molecule has 8 nitrogen and oxygen atoms in total. The Labute approximate surface area is 166 Å². The monoisotopic (exact) mass is 399 g/mol. The maximum Gasteiger partial charge on any atom is 0.415 e. The third-order valence-electron chi connectivity index (χ3n) is 4.55. The Morgan fingerprint density at radius 1 is 1.18 bits per heavy atom. The van der Waals surface area contributed by atoms with Gasteiger partial charge in [0.15, 0.2) is 11.6 Å². The van der Waals surface area contributed by atoms with E-state index < -0.39 is 6.09 Å². The fourth-order valence-electron chi connectivity index (χ4n) is 3.13. The number of H-pyrrole nitrogens is 1. The predicted molar refractivity (Wildman–Crippen MR) is 104 cm³/mol. The molecule has 9 heteroatoms. The fourth-order valence-corrected chi connectivity index (χ4v) is 3.44. The van der Waals surface area contributed by atoms with E-state index >= 15 is 0 Å². The van der Waals surface area contributed by atoms with Crippen LogP contribution in [-0.2, 0) is 0 Å². The van der Waals surface area contributed by atoms with Crippen LogP contribution in [-0.4, -0.2) is 62.9 Å². The number of benzene rings is 1. The van der Waals surface area contributed by atoms with Crippen molar-refractivity contribution in [3.63, 3.8) is 0 Å². The molecule has 28 heavy (non-hydrogen) atoms. The van der Waals surface area contributed by atoms with Gasteiger partial charge in [-0.2, -0.15) is 0 Å². The van der Waals surface area contributed by atoms with Gasteiger partial charge in [-0.15, -0.1) is 0 Å². The number of carbonyl (C=O) groups is 2. The minimum Gasteiger partial charge on any atom is -0.409 e. The van der Waals surface area contributed by atoms with E-state index in [0.717, 1.165) is 11.1 Å². The predicted octanol–water partition coefficient (Wildman–Crippen LogP) is 2.88. The Hall–Kier alpha value is -3.13. The van der Waals surface area contributed by atoms with E-state index in [4.69, 9.17) is 16.3 Å². The number of hydrogen-bond acceptors (Lipinski definition) is 5. The number of aromatic amines is 1. The van der Waals surface area contributed by atoms with Crippen molar-refractivity contribution in [2.45, 2.75) is 6.92 Å². The number of aryl methyl sites for hydroxylation is 1. The Bertz CT molecular complexity index is 1030. The number of piperazine rings is 1. The van der Waals surface area contributed by atoms with Crippen LogP contribution in [0.25, 0.3) is 11.0 Å². The molecule has 3 heterocycles. The van der Waals surface area contributed by atoms with Crippen molar-refractivity contribution in [1.82, 2.24) is 24.8 Å². The Morgan fingerprint density at radius 3 is 2.64 bits per heavy atom. The van der Waals surface area contributed by atoms with Crippen LogP contribution < -0.4 is 4.74 Å². The molecule has 1 aliphatic heterocycles. The lowest BCUT2D eigenvalue weighted by Gasteiger charge is -2.33. The zero-order chi connectivity index (χ0) is 19.7. The molecule has 2 aromatic heterocycles. The maximum absolute atomic E-state index is 12.8. The summed E-state index contributed by atoms with van der Waals surface area (Å²) in [5, 5.41) is 0.508. The van der Waals surface area contributed by atoms with Crippen molar-refractivity contribution in [2.75, 3.05) is 26.2 Å². The molecule has 0 saturated carbocycles. The molecular weight excluding hydrogens is 382 g/mol. The van der Waals surface area contributed by atoms with Gasteiger partial charge in [0.25, 0.3) is 5.91 Å². The van der Waals surface area contributed by atoms with Gasteiger partial charge in [-0.1, -0.05) is 11.6 Å². The van der Waals surface area contributed by atoms with Crippen molar-refractivity contribution >= 4 is 34.6 Å². The first-order valence-electron chi connectivity index (χ1n) is 8.83. The molecule has 0 spiro atoms. The summed E-state index contributed by atoms with van der Waals surface area (Å²) in [6.07, 6.45) is 2.63. The topological polar surface area (TPSA) is 91.4 Å². The number of rotatable bonds is 2. The molecule has 4 rings (SSSR count). The van der Waals surface area contributed by atoms with Crippen LogP contribution in [0.15, 0.2) is 36.7 Å². The van der Waals surface area contributed by atoms with Gasteiger partial charge in [0, 0.05) is 32.4 Å². The van der Waals surface area contributed by atoms with E-state index in [2.05, 4.69) is 15.0 Å². The van der Waals surface area contributed by atoms with Crippen LogP contribution in [0.5, 0.6) is 5.75 Å². The lowest BCUT2D eigenvalue weighted by molar-refractivity contribution is 0.0623. The standard InChI is InChI=1S/C19H18ClN5O3/c1-12-9-14(20)16-15(10-12)22-17(23-16)18(26)24-5-7-25(8-6-24)19(27)28-13-3-2-4-21-11-13/h2-4,9-11H,5-8H2,1H3,(H,22,23). The van der Waals surface area contributed by atoms with Gasteiger partial charge in [-0.25, -0.2) is 9.78 Å². The van der Waals surface area contributed by atoms with Gasteiger partial charge in [0.05, 0.1) is 16.7 Å². The first-order chi connectivity index (χ1) is 13.5. The normalized spacial score (nSPS) is 14.4. The molecular formula is C19H18ClN5O3. The van der Waals surface area contributed by atoms with Crippen LogP contribution in [0.3, 0.4) is 0 Å². The van der Waals surface area contributed by atoms with E-state index in [-0.39, 0.29) is 11.7 Å². The number of nitrogens with one attached hydrogen (secondary N) is 1. The van der Waals surface area contributed by atoms with Crippen molar-refractivity contribution in [3.05, 3.63) is 53.1 Å². The smallest absolute Gasteiger partial charge is 0.409 e. The van der Waals surface area contributed by atoms with Gasteiger partial charge in [0.1, 0.15) is 5.52 Å². The van der Waals surface area contributed by atoms with Crippen molar-refractivity contribution < 1.29 is 14.3 Å². The molecule has 144 valence electrons. The number of hydrogen-bond donors (Lipinski definition) is 1. The largest absolute Gasteiger partial charge is 0.415 e. The van der Waals surface area contributed by atoms with Crippen molar-refractivity contribution in [3.8, 4) is 5.75 Å². The summed E-state index contributed by atoms with van der Waals surface area (Å²) >= 11 is 6.22. The van der Waals surface area contributed by atoms with Crippen molar-refractivity contribution in [2.24, 2.45) is 0 Å². The summed E-state index contributed by atoms with van der Waals surface area (Å²) in [6, 6.07) is 7.07. The molecule has 1 aromatic carbocycles. The summed E-state index contributed by atoms with van der Waals surface area (Å²) in [7, 11) is 0. The quantitative estimate of drug-likeness (QED) is 0.715. The van der Waals surface area contributed by atoms with E-state index in [1.165, 1.54) is 6.20 Å². The molecule has 3 aromatic rings. The number of pyridine rings is 1. The molecule has 1 fully saturated rings. The first-order valence-corrected chi connectivity index (χ1v) is 9.21. The summed E-state index contributed by atoms with van der Waals surface area (Å²) < 4.78 is 5.29. The number of amides is 2. The molecule has 0 radical (unpaired) electrons. The Morgan fingerprint density at radius 2 is 1.93 bits per heavy atom. The average Bonchev–Trinajstić information content (AvgIpc) is 3.13. The van der Waals surface area contributed by atoms with Crippen LogP contribution in [0.4, 0.5) is 4.79 Å². The second-order valence-electron chi connectivity index (χ2n) is 6.56. The number of carbonyl (C=O) groups excluding carboxylic acids is 2. The van der Waals surface area contributed by atoms with E-state index in [0.29, 0.717) is 42.5 Å². The molecule has 0 aliphatic carbocycles. The van der Waals surface area contributed by atoms with Gasteiger partial charge < -0.3 is 19.5 Å². The highest BCUT2D eigenvalue weighted by atomic mass is 35.5. The molecule has 0 bridgehead atoms. The second kappa shape index (κ2) is 7.47. The highest BCUT2D eigenvalue weighted by Crippen LogP contribution is 2.24. The first kappa shape index (κ1) is 18.2. The molecule has 2 amide bonds. The number of aromatic nitrogens is 3. The molecule has 0 unspecified atom stereocenters. The highest BCUT2D eigenvalue weighted by molar-refractivity contribution is 6.35. The van der Waals surface area contributed by atoms with Gasteiger partial charge >= 0.3 is 6.09 Å². The average molecular weight is 400 g/mol. The van der Waals surface area contributed by atoms with Crippen LogP contribution in [0.2, 0.25) is 5.02 Å². The summed E-state index contributed by atoms with van der Waals surface area (Å²) in [5.41, 5.74) is 2.29. The molecule has 1 saturated heterocycles. The molecule has 0 atom stereocenters.